The van der Waals surface area contributed by atoms with Gasteiger partial charge in [-0.2, -0.15) is 0 Å². The first-order valence-electron chi connectivity index (χ1n) is 34.8. The second-order valence-electron chi connectivity index (χ2n) is 24.9. The fraction of sp³-hybridized carbons (Fsp3) is 0.957. The zero-order valence-electron chi connectivity index (χ0n) is 52.4. The van der Waals surface area contributed by atoms with Crippen molar-refractivity contribution in [3.63, 3.8) is 0 Å². The van der Waals surface area contributed by atoms with E-state index < -0.39 is 6.10 Å². The number of carbonyl (C=O) groups is 3. The average molecular weight is 1070 g/mol. The van der Waals surface area contributed by atoms with Gasteiger partial charge in [0.2, 0.25) is 0 Å². The third-order valence-corrected chi connectivity index (χ3v) is 16.6. The number of hydrogen-bond donors (Lipinski definition) is 0. The Morgan fingerprint density at radius 2 is 0.500 bits per heavy atom. The molecule has 2 atom stereocenters. The molecule has 0 aromatic heterocycles. The Hall–Kier alpha value is -1.59. The third kappa shape index (κ3) is 61.6. The molecule has 0 aliphatic rings. The summed E-state index contributed by atoms with van der Waals surface area (Å²) in [5.74, 6) is 0.928. The van der Waals surface area contributed by atoms with E-state index in [9.17, 15) is 14.4 Å². The lowest BCUT2D eigenvalue weighted by atomic mass is 9.99. The molecule has 0 amide bonds. The average Bonchev–Trinajstić information content (AvgIpc) is 3.41. The lowest BCUT2D eigenvalue weighted by Crippen LogP contribution is -2.30. The molecule has 0 spiro atoms. The molecule has 0 aliphatic heterocycles. The molecule has 452 valence electrons. The Bertz CT molecular complexity index is 1170. The van der Waals surface area contributed by atoms with E-state index in [0.29, 0.717) is 19.3 Å². The summed E-state index contributed by atoms with van der Waals surface area (Å²) in [4.78, 5) is 38.4. The first-order valence-corrected chi connectivity index (χ1v) is 34.8. The largest absolute Gasteiger partial charge is 0.462 e. The second kappa shape index (κ2) is 62.6. The fourth-order valence-corrected chi connectivity index (χ4v) is 11.0. The first kappa shape index (κ1) is 74.4. The minimum absolute atomic E-state index is 0.0613. The van der Waals surface area contributed by atoms with Crippen molar-refractivity contribution in [2.75, 3.05) is 13.2 Å². The minimum atomic E-state index is -0.765. The Kier molecular flexibility index (Phi) is 61.3. The highest BCUT2D eigenvalue weighted by atomic mass is 16.6. The van der Waals surface area contributed by atoms with Crippen LogP contribution in [-0.2, 0) is 28.6 Å². The van der Waals surface area contributed by atoms with E-state index in [-0.39, 0.29) is 31.1 Å². The van der Waals surface area contributed by atoms with Crippen LogP contribution >= 0.6 is 0 Å². The van der Waals surface area contributed by atoms with Gasteiger partial charge in [-0.05, 0) is 31.1 Å². The fourth-order valence-electron chi connectivity index (χ4n) is 11.0. The van der Waals surface area contributed by atoms with E-state index in [1.54, 1.807) is 0 Å². The normalized spacial score (nSPS) is 12.4. The summed E-state index contributed by atoms with van der Waals surface area (Å²) >= 11 is 0. The Morgan fingerprint density at radius 3 is 0.750 bits per heavy atom. The predicted molar refractivity (Wildman–Crippen MR) is 330 cm³/mol. The maximum Gasteiger partial charge on any atom is 0.306 e. The number of esters is 3. The topological polar surface area (TPSA) is 78.9 Å². The molecule has 0 rings (SSSR count). The van der Waals surface area contributed by atoms with E-state index >= 15 is 0 Å². The molecule has 0 saturated heterocycles. The number of rotatable bonds is 64. The zero-order valence-corrected chi connectivity index (χ0v) is 52.4. The van der Waals surface area contributed by atoms with Crippen LogP contribution in [0.5, 0.6) is 0 Å². The number of ether oxygens (including phenoxy) is 3. The molecule has 6 heteroatoms. The molecule has 0 heterocycles. The van der Waals surface area contributed by atoms with Crippen molar-refractivity contribution >= 4 is 17.9 Å². The molecule has 0 saturated carbocycles. The van der Waals surface area contributed by atoms with E-state index in [2.05, 4.69) is 34.6 Å². The van der Waals surface area contributed by atoms with Gasteiger partial charge >= 0.3 is 17.9 Å². The van der Waals surface area contributed by atoms with Crippen LogP contribution in [0.25, 0.3) is 0 Å². The molecular weight excluding hydrogens is 937 g/mol. The Labute approximate surface area is 476 Å². The second-order valence-corrected chi connectivity index (χ2v) is 24.9. The van der Waals surface area contributed by atoms with Crippen LogP contribution in [0.15, 0.2) is 0 Å². The van der Waals surface area contributed by atoms with Gasteiger partial charge in [0.05, 0.1) is 0 Å². The lowest BCUT2D eigenvalue weighted by Gasteiger charge is -2.18. The molecule has 0 fully saturated rings. The predicted octanol–water partition coefficient (Wildman–Crippen LogP) is 23.6. The Balaban J connectivity index is 4.28. The third-order valence-electron chi connectivity index (χ3n) is 16.6. The molecule has 0 N–H and O–H groups in total. The van der Waals surface area contributed by atoms with Crippen LogP contribution in [0, 0.1) is 11.8 Å². The van der Waals surface area contributed by atoms with Crippen molar-refractivity contribution in [3.8, 4) is 0 Å². The van der Waals surface area contributed by atoms with Crippen molar-refractivity contribution in [1.82, 2.24) is 0 Å². The number of carbonyl (C=O) groups excluding carboxylic acids is 3. The van der Waals surface area contributed by atoms with Gasteiger partial charge < -0.3 is 14.2 Å². The maximum atomic E-state index is 12.9. The summed E-state index contributed by atoms with van der Waals surface area (Å²) in [6, 6.07) is 0. The standard InChI is InChI=1S/C70H136O6/c1-6-8-9-10-11-12-13-14-15-16-17-21-24-30-35-40-45-50-55-60-68(71)74-63-67(76-70(73)62-57-52-47-42-37-32-27-26-29-34-39-44-49-54-59-66(5)7-2)64-75-69(72)61-56-51-46-41-36-31-25-22-19-18-20-23-28-33-38-43-48-53-58-65(3)4/h65-67H,6-64H2,1-5H3/t66?,67-/m0/s1. The molecule has 76 heavy (non-hydrogen) atoms. The monoisotopic (exact) mass is 1070 g/mol. The van der Waals surface area contributed by atoms with E-state index in [1.807, 2.05) is 0 Å². The molecule has 1 unspecified atom stereocenters. The van der Waals surface area contributed by atoms with E-state index in [0.717, 1.165) is 69.6 Å². The SMILES string of the molecule is CCCCCCCCCCCCCCCCCCCCCC(=O)OC[C@@H](COC(=O)CCCCCCCCCCCCCCCCCCCCC(C)C)OC(=O)CCCCCCCCCCCCCCCCC(C)CC. The van der Waals surface area contributed by atoms with Gasteiger partial charge in [0.1, 0.15) is 13.2 Å². The highest BCUT2D eigenvalue weighted by Gasteiger charge is 2.20. The number of unbranched alkanes of at least 4 members (excludes halogenated alkanes) is 48. The van der Waals surface area contributed by atoms with Crippen molar-refractivity contribution < 1.29 is 28.6 Å². The molecule has 0 aliphatic carbocycles. The van der Waals surface area contributed by atoms with Gasteiger partial charge in [0.25, 0.3) is 0 Å². The van der Waals surface area contributed by atoms with Gasteiger partial charge in [0, 0.05) is 19.3 Å². The first-order chi connectivity index (χ1) is 37.3. The molecule has 0 radical (unpaired) electrons. The summed E-state index contributed by atoms with van der Waals surface area (Å²) in [6.07, 6.45) is 71.1. The Morgan fingerprint density at radius 1 is 0.276 bits per heavy atom. The van der Waals surface area contributed by atoms with Crippen LogP contribution in [-0.4, -0.2) is 37.2 Å². The quantitative estimate of drug-likeness (QED) is 0.0343. The van der Waals surface area contributed by atoms with E-state index in [1.165, 1.54) is 289 Å². The van der Waals surface area contributed by atoms with Crippen LogP contribution in [0.4, 0.5) is 0 Å². The molecule has 6 nitrogen and oxygen atoms in total. The summed E-state index contributed by atoms with van der Waals surface area (Å²) < 4.78 is 17.0. The minimum Gasteiger partial charge on any atom is -0.462 e. The van der Waals surface area contributed by atoms with Crippen molar-refractivity contribution in [1.29, 1.82) is 0 Å². The number of hydrogen-bond acceptors (Lipinski definition) is 6. The summed E-state index contributed by atoms with van der Waals surface area (Å²) in [6.45, 7) is 11.5. The molecule has 0 aromatic rings. The summed E-state index contributed by atoms with van der Waals surface area (Å²) in [5, 5.41) is 0. The molecule has 0 aromatic carbocycles. The van der Waals surface area contributed by atoms with Gasteiger partial charge in [-0.1, -0.05) is 362 Å². The highest BCUT2D eigenvalue weighted by Crippen LogP contribution is 2.20. The molecular formula is C70H136O6. The van der Waals surface area contributed by atoms with Crippen LogP contribution < -0.4 is 0 Å². The van der Waals surface area contributed by atoms with Crippen molar-refractivity contribution in [3.05, 3.63) is 0 Å². The van der Waals surface area contributed by atoms with Gasteiger partial charge in [-0.3, -0.25) is 14.4 Å². The lowest BCUT2D eigenvalue weighted by molar-refractivity contribution is -0.167. The maximum absolute atomic E-state index is 12.9. The van der Waals surface area contributed by atoms with Crippen LogP contribution in [0.2, 0.25) is 0 Å². The highest BCUT2D eigenvalue weighted by molar-refractivity contribution is 5.71. The smallest absolute Gasteiger partial charge is 0.306 e. The van der Waals surface area contributed by atoms with Gasteiger partial charge in [-0.15, -0.1) is 0 Å². The van der Waals surface area contributed by atoms with Crippen molar-refractivity contribution in [2.45, 2.75) is 407 Å². The van der Waals surface area contributed by atoms with Gasteiger partial charge in [0.15, 0.2) is 6.10 Å². The van der Waals surface area contributed by atoms with E-state index in [4.69, 9.17) is 14.2 Å². The van der Waals surface area contributed by atoms with Crippen LogP contribution in [0.1, 0.15) is 401 Å². The van der Waals surface area contributed by atoms with Crippen LogP contribution in [0.3, 0.4) is 0 Å². The molecule has 0 bridgehead atoms. The van der Waals surface area contributed by atoms with Gasteiger partial charge in [-0.25, -0.2) is 0 Å². The zero-order chi connectivity index (χ0) is 55.3. The summed E-state index contributed by atoms with van der Waals surface area (Å²) in [7, 11) is 0. The summed E-state index contributed by atoms with van der Waals surface area (Å²) in [5.41, 5.74) is 0. The van der Waals surface area contributed by atoms with Crippen molar-refractivity contribution in [2.24, 2.45) is 11.8 Å².